The van der Waals surface area contributed by atoms with Crippen molar-refractivity contribution in [3.8, 4) is 6.07 Å². The average molecular weight is 317 g/mol. The molecule has 0 aliphatic rings. The van der Waals surface area contributed by atoms with Gasteiger partial charge >= 0.3 is 0 Å². The summed E-state index contributed by atoms with van der Waals surface area (Å²) in [6.07, 6.45) is 3.58. The minimum absolute atomic E-state index is 0.00300. The quantitative estimate of drug-likeness (QED) is 0.609. The zero-order chi connectivity index (χ0) is 16.7. The monoisotopic (exact) mass is 317 g/mol. The Bertz CT molecular complexity index is 1120. The normalized spacial score (nSPS) is 10.9. The molecule has 3 aromatic heterocycles. The van der Waals surface area contributed by atoms with Crippen molar-refractivity contribution in [1.29, 1.82) is 5.26 Å². The van der Waals surface area contributed by atoms with Crippen LogP contribution in [-0.2, 0) is 7.05 Å². The Hall–Kier alpha value is -3.46. The number of nitrogens with zero attached hydrogens (tertiary/aromatic N) is 4. The molecule has 0 saturated heterocycles. The third-order valence-corrected chi connectivity index (χ3v) is 4.00. The highest BCUT2D eigenvalue weighted by atomic mass is 19.1. The van der Waals surface area contributed by atoms with Crippen molar-refractivity contribution in [2.75, 3.05) is 5.32 Å². The lowest BCUT2D eigenvalue weighted by atomic mass is 10.2. The summed E-state index contributed by atoms with van der Waals surface area (Å²) in [5.74, 6) is 0.0875. The Morgan fingerprint density at radius 2 is 2.04 bits per heavy atom. The van der Waals surface area contributed by atoms with Crippen molar-refractivity contribution in [3.63, 3.8) is 0 Å². The van der Waals surface area contributed by atoms with E-state index in [-0.39, 0.29) is 5.56 Å². The molecule has 0 amide bonds. The number of nitrogens with one attached hydrogen (secondary N) is 1. The van der Waals surface area contributed by atoms with Crippen molar-refractivity contribution >= 4 is 33.4 Å². The fourth-order valence-corrected chi connectivity index (χ4v) is 2.82. The van der Waals surface area contributed by atoms with Crippen molar-refractivity contribution in [2.24, 2.45) is 7.05 Å². The zero-order valence-electron chi connectivity index (χ0n) is 12.8. The molecule has 0 atom stereocenters. The molecule has 0 aliphatic heterocycles. The molecule has 0 aliphatic carbocycles. The minimum atomic E-state index is -0.535. The predicted molar refractivity (Wildman–Crippen MR) is 90.4 cm³/mol. The number of pyridine rings is 2. The summed E-state index contributed by atoms with van der Waals surface area (Å²) in [5, 5.41) is 14.1. The van der Waals surface area contributed by atoms with E-state index in [1.54, 1.807) is 12.3 Å². The molecular formula is C18H12FN5. The number of aromatic nitrogens is 3. The fraction of sp³-hybridized carbons (Fsp3) is 0.0556. The number of aryl methyl sites for hydroxylation is 1. The number of nitriles is 1. The van der Waals surface area contributed by atoms with E-state index in [0.29, 0.717) is 11.5 Å². The lowest BCUT2D eigenvalue weighted by Crippen LogP contribution is -1.97. The van der Waals surface area contributed by atoms with Crippen LogP contribution in [0.4, 0.5) is 15.9 Å². The van der Waals surface area contributed by atoms with Gasteiger partial charge in [0, 0.05) is 35.9 Å². The first-order valence-corrected chi connectivity index (χ1v) is 7.33. The Morgan fingerprint density at radius 3 is 2.88 bits per heavy atom. The van der Waals surface area contributed by atoms with Crippen LogP contribution in [0.1, 0.15) is 5.56 Å². The molecule has 1 aromatic carbocycles. The van der Waals surface area contributed by atoms with Crippen molar-refractivity contribution in [3.05, 3.63) is 60.2 Å². The van der Waals surface area contributed by atoms with Crippen LogP contribution in [0.3, 0.4) is 0 Å². The molecule has 4 rings (SSSR count). The van der Waals surface area contributed by atoms with E-state index >= 15 is 0 Å². The van der Waals surface area contributed by atoms with Gasteiger partial charge in [-0.3, -0.25) is 4.98 Å². The molecule has 24 heavy (non-hydrogen) atoms. The van der Waals surface area contributed by atoms with Gasteiger partial charge in [0.25, 0.3) is 0 Å². The first-order valence-electron chi connectivity index (χ1n) is 7.33. The van der Waals surface area contributed by atoms with Gasteiger partial charge in [-0.1, -0.05) is 0 Å². The van der Waals surface area contributed by atoms with Crippen LogP contribution in [0.25, 0.3) is 21.9 Å². The highest BCUT2D eigenvalue weighted by Gasteiger charge is 2.10. The number of halogens is 1. The maximum Gasteiger partial charge on any atom is 0.143 e. The summed E-state index contributed by atoms with van der Waals surface area (Å²) < 4.78 is 15.4. The SMILES string of the molecule is Cn1c2ccncc2c2ccc(Nc3ccc(F)c(C#N)c3)nc21. The molecule has 4 aromatic rings. The molecule has 3 heterocycles. The van der Waals surface area contributed by atoms with Gasteiger partial charge in [0.15, 0.2) is 0 Å². The summed E-state index contributed by atoms with van der Waals surface area (Å²) >= 11 is 0. The third kappa shape index (κ3) is 2.15. The van der Waals surface area contributed by atoms with E-state index < -0.39 is 5.82 Å². The molecule has 0 bridgehead atoms. The number of hydrogen-bond acceptors (Lipinski definition) is 4. The zero-order valence-corrected chi connectivity index (χ0v) is 12.8. The lowest BCUT2D eigenvalue weighted by molar-refractivity contribution is 0.624. The lowest BCUT2D eigenvalue weighted by Gasteiger charge is -2.07. The number of anilines is 2. The van der Waals surface area contributed by atoms with Crippen LogP contribution < -0.4 is 5.32 Å². The van der Waals surface area contributed by atoms with E-state index in [0.717, 1.165) is 21.9 Å². The first kappa shape index (κ1) is 14.2. The third-order valence-electron chi connectivity index (χ3n) is 4.00. The smallest absolute Gasteiger partial charge is 0.143 e. The predicted octanol–water partition coefficient (Wildman–Crippen LogP) is 3.88. The highest BCUT2D eigenvalue weighted by molar-refractivity contribution is 6.06. The van der Waals surface area contributed by atoms with Crippen LogP contribution in [0.5, 0.6) is 0 Å². The molecule has 0 unspecified atom stereocenters. The van der Waals surface area contributed by atoms with Crippen LogP contribution in [0.2, 0.25) is 0 Å². The molecule has 5 nitrogen and oxygen atoms in total. The van der Waals surface area contributed by atoms with Crippen LogP contribution in [-0.4, -0.2) is 14.5 Å². The molecule has 6 heteroatoms. The van der Waals surface area contributed by atoms with Gasteiger partial charge in [0.05, 0.1) is 11.1 Å². The maximum atomic E-state index is 13.4. The Labute approximate surface area is 137 Å². The van der Waals surface area contributed by atoms with Crippen LogP contribution in [0, 0.1) is 17.1 Å². The van der Waals surface area contributed by atoms with Crippen molar-refractivity contribution < 1.29 is 4.39 Å². The van der Waals surface area contributed by atoms with E-state index in [1.807, 2.05) is 42.1 Å². The van der Waals surface area contributed by atoms with Gasteiger partial charge in [-0.25, -0.2) is 9.37 Å². The second kappa shape index (κ2) is 5.32. The number of hydrogen-bond donors (Lipinski definition) is 1. The van der Waals surface area contributed by atoms with E-state index in [1.165, 1.54) is 12.1 Å². The average Bonchev–Trinajstić information content (AvgIpc) is 2.89. The Kier molecular flexibility index (Phi) is 3.14. The van der Waals surface area contributed by atoms with Crippen molar-refractivity contribution in [1.82, 2.24) is 14.5 Å². The fourth-order valence-electron chi connectivity index (χ4n) is 2.82. The van der Waals surface area contributed by atoms with E-state index in [2.05, 4.69) is 15.3 Å². The second-order valence-electron chi connectivity index (χ2n) is 5.45. The second-order valence-corrected chi connectivity index (χ2v) is 5.45. The van der Waals surface area contributed by atoms with Crippen LogP contribution >= 0.6 is 0 Å². The highest BCUT2D eigenvalue weighted by Crippen LogP contribution is 2.28. The number of fused-ring (bicyclic) bond motifs is 3. The molecular weight excluding hydrogens is 305 g/mol. The van der Waals surface area contributed by atoms with E-state index in [9.17, 15) is 4.39 Å². The van der Waals surface area contributed by atoms with Gasteiger partial charge in [-0.15, -0.1) is 0 Å². The maximum absolute atomic E-state index is 13.4. The first-order chi connectivity index (χ1) is 11.7. The van der Waals surface area contributed by atoms with Gasteiger partial charge in [-0.2, -0.15) is 5.26 Å². The van der Waals surface area contributed by atoms with E-state index in [4.69, 9.17) is 5.26 Å². The summed E-state index contributed by atoms with van der Waals surface area (Å²) in [7, 11) is 1.95. The standard InChI is InChI=1S/C18H12FN5/c1-24-16-6-7-21-10-14(16)13-3-5-17(23-18(13)24)22-12-2-4-15(19)11(8-12)9-20/h2-8,10H,1H3,(H,22,23). The molecule has 0 fully saturated rings. The van der Waals surface area contributed by atoms with Crippen LogP contribution in [0.15, 0.2) is 48.8 Å². The summed E-state index contributed by atoms with van der Waals surface area (Å²) in [4.78, 5) is 8.80. The minimum Gasteiger partial charge on any atom is -0.340 e. The topological polar surface area (TPSA) is 66.5 Å². The molecule has 0 saturated carbocycles. The molecule has 116 valence electrons. The number of benzene rings is 1. The molecule has 1 N–H and O–H groups in total. The van der Waals surface area contributed by atoms with Gasteiger partial charge < -0.3 is 9.88 Å². The number of rotatable bonds is 2. The van der Waals surface area contributed by atoms with Gasteiger partial charge in [0.1, 0.15) is 23.4 Å². The molecule has 0 radical (unpaired) electrons. The Balaban J connectivity index is 1.80. The summed E-state index contributed by atoms with van der Waals surface area (Å²) in [6.45, 7) is 0. The summed E-state index contributed by atoms with van der Waals surface area (Å²) in [5.41, 5.74) is 2.49. The van der Waals surface area contributed by atoms with Gasteiger partial charge in [-0.05, 0) is 36.4 Å². The van der Waals surface area contributed by atoms with Crippen molar-refractivity contribution in [2.45, 2.75) is 0 Å². The summed E-state index contributed by atoms with van der Waals surface area (Å²) in [6, 6.07) is 11.9. The largest absolute Gasteiger partial charge is 0.340 e. The Morgan fingerprint density at radius 1 is 1.17 bits per heavy atom. The molecule has 0 spiro atoms. The van der Waals surface area contributed by atoms with Gasteiger partial charge in [0.2, 0.25) is 0 Å².